The van der Waals surface area contributed by atoms with Gasteiger partial charge in [0.2, 0.25) is 18.4 Å². The fraction of sp³-hybridized carbons (Fsp3) is 0.250. The van der Waals surface area contributed by atoms with Crippen molar-refractivity contribution in [3.05, 3.63) is 52.1 Å². The lowest BCUT2D eigenvalue weighted by Gasteiger charge is -2.26. The molecule has 2 aromatic rings. The Morgan fingerprint density at radius 2 is 1.94 bits per heavy atom. The average molecular weight is 500 g/mol. The molecule has 0 radical (unpaired) electrons. The van der Waals surface area contributed by atoms with Crippen LogP contribution in [-0.2, 0) is 20.8 Å². The number of urea groups is 1. The van der Waals surface area contributed by atoms with Gasteiger partial charge in [0.15, 0.2) is 11.5 Å². The highest BCUT2D eigenvalue weighted by Gasteiger charge is 2.37. The lowest BCUT2D eigenvalue weighted by atomic mass is 9.98. The van der Waals surface area contributed by atoms with Gasteiger partial charge in [0, 0.05) is 31.1 Å². The Kier molecular flexibility index (Phi) is 6.65. The van der Waals surface area contributed by atoms with Crippen molar-refractivity contribution in [2.75, 3.05) is 32.4 Å². The van der Waals surface area contributed by atoms with E-state index in [1.54, 1.807) is 13.1 Å². The number of nitrogens with one attached hydrogen (secondary N) is 1. The fourth-order valence-corrected chi connectivity index (χ4v) is 3.84. The minimum absolute atomic E-state index is 0.0171. The summed E-state index contributed by atoms with van der Waals surface area (Å²) in [6, 6.07) is 6.90. The number of rotatable bonds is 6. The Labute approximate surface area is 206 Å². The van der Waals surface area contributed by atoms with Crippen molar-refractivity contribution in [3.63, 3.8) is 0 Å². The quantitative estimate of drug-likeness (QED) is 0.480. The smallest absolute Gasteiger partial charge is 0.335 e. The molecule has 0 aliphatic carbocycles. The molecule has 4 rings (SSSR count). The summed E-state index contributed by atoms with van der Waals surface area (Å²) in [5.74, 6) is -0.733. The third-order valence-electron chi connectivity index (χ3n) is 5.68. The molecule has 5 amide bonds. The van der Waals surface area contributed by atoms with Crippen molar-refractivity contribution >= 4 is 47.1 Å². The summed E-state index contributed by atoms with van der Waals surface area (Å²) in [5.41, 5.74) is 1.02. The monoisotopic (exact) mass is 499 g/mol. The molecular formula is C24H22ClN3O7. The highest BCUT2D eigenvalue weighted by Crippen LogP contribution is 2.46. The van der Waals surface area contributed by atoms with E-state index in [-0.39, 0.29) is 29.7 Å². The predicted molar refractivity (Wildman–Crippen MR) is 127 cm³/mol. The number of imide groups is 2. The van der Waals surface area contributed by atoms with Crippen LogP contribution >= 0.6 is 11.6 Å². The summed E-state index contributed by atoms with van der Waals surface area (Å²) >= 11 is 5.92. The van der Waals surface area contributed by atoms with Crippen molar-refractivity contribution in [1.29, 1.82) is 0 Å². The predicted octanol–water partition coefficient (Wildman–Crippen LogP) is 2.76. The van der Waals surface area contributed by atoms with E-state index in [1.165, 1.54) is 49.3 Å². The number of fused-ring (bicyclic) bond motifs is 1. The molecule has 2 aromatic carbocycles. The number of ether oxygens (including phenoxy) is 3. The molecule has 2 aliphatic rings. The fourth-order valence-electron chi connectivity index (χ4n) is 3.72. The van der Waals surface area contributed by atoms with Gasteiger partial charge in [-0.3, -0.25) is 19.7 Å². The van der Waals surface area contributed by atoms with Crippen LogP contribution in [0.2, 0.25) is 5.02 Å². The highest BCUT2D eigenvalue weighted by molar-refractivity contribution is 6.39. The van der Waals surface area contributed by atoms with Gasteiger partial charge < -0.3 is 19.1 Å². The third-order valence-corrected chi connectivity index (χ3v) is 5.93. The van der Waals surface area contributed by atoms with Gasteiger partial charge in [-0.15, -0.1) is 0 Å². The topological polar surface area (TPSA) is 114 Å². The number of likely N-dealkylation sites (N-methyl/N-ethyl adjacent to an activating group) is 1. The number of carbonyl (C=O) groups is 4. The Bertz CT molecular complexity index is 1260. The molecule has 2 heterocycles. The van der Waals surface area contributed by atoms with Crippen LogP contribution in [0.1, 0.15) is 18.1 Å². The minimum atomic E-state index is -0.875. The normalized spacial score (nSPS) is 15.9. The van der Waals surface area contributed by atoms with Crippen LogP contribution in [0, 0.1) is 0 Å². The second-order valence-corrected chi connectivity index (χ2v) is 8.28. The molecule has 182 valence electrons. The van der Waals surface area contributed by atoms with Crippen LogP contribution < -0.4 is 24.4 Å². The number of halogens is 1. The molecule has 35 heavy (non-hydrogen) atoms. The Balaban J connectivity index is 1.80. The largest absolute Gasteiger partial charge is 0.492 e. The number of methoxy groups -OCH3 is 1. The summed E-state index contributed by atoms with van der Waals surface area (Å²) in [4.78, 5) is 52.6. The van der Waals surface area contributed by atoms with Gasteiger partial charge in [-0.25, -0.2) is 9.69 Å². The number of amides is 5. The van der Waals surface area contributed by atoms with Crippen LogP contribution in [0.15, 0.2) is 35.9 Å². The van der Waals surface area contributed by atoms with Gasteiger partial charge >= 0.3 is 6.03 Å². The number of hydrogen-bond acceptors (Lipinski definition) is 7. The first kappa shape index (κ1) is 24.1. The lowest BCUT2D eigenvalue weighted by Crippen LogP contribution is -2.54. The zero-order chi connectivity index (χ0) is 25.3. The van der Waals surface area contributed by atoms with E-state index in [0.29, 0.717) is 40.6 Å². The first-order valence-corrected chi connectivity index (χ1v) is 11.0. The van der Waals surface area contributed by atoms with E-state index in [0.717, 1.165) is 4.90 Å². The summed E-state index contributed by atoms with van der Waals surface area (Å²) in [5, 5.41) is 2.62. The number of nitrogens with zero attached hydrogens (tertiary/aromatic N) is 2. The highest BCUT2D eigenvalue weighted by atomic mass is 35.5. The van der Waals surface area contributed by atoms with E-state index in [4.69, 9.17) is 25.8 Å². The molecule has 0 unspecified atom stereocenters. The number of benzene rings is 2. The molecule has 1 fully saturated rings. The van der Waals surface area contributed by atoms with Crippen LogP contribution in [0.5, 0.6) is 17.2 Å². The van der Waals surface area contributed by atoms with Gasteiger partial charge in [-0.05, 0) is 48.4 Å². The number of hydrogen-bond donors (Lipinski definition) is 1. The van der Waals surface area contributed by atoms with Crippen molar-refractivity contribution in [3.8, 4) is 17.2 Å². The van der Waals surface area contributed by atoms with E-state index < -0.39 is 17.8 Å². The van der Waals surface area contributed by atoms with Gasteiger partial charge in [0.05, 0.1) is 12.8 Å². The van der Waals surface area contributed by atoms with E-state index in [2.05, 4.69) is 5.32 Å². The Hall–Kier alpha value is -4.05. The summed E-state index contributed by atoms with van der Waals surface area (Å²) in [7, 11) is 3.09. The molecule has 0 atom stereocenters. The van der Waals surface area contributed by atoms with Crippen LogP contribution in [-0.4, -0.2) is 56.1 Å². The van der Waals surface area contributed by atoms with Crippen LogP contribution in [0.25, 0.3) is 6.08 Å². The maximum atomic E-state index is 13.3. The molecule has 0 aromatic heterocycles. The second-order valence-electron chi connectivity index (χ2n) is 7.84. The van der Waals surface area contributed by atoms with Gasteiger partial charge in [0.1, 0.15) is 5.57 Å². The molecule has 0 bridgehead atoms. The SMILES string of the molecule is COc1c(/C=C2/C(=O)NC(=O)N(c3ccc(Cl)cc3)C2=O)c(CCN(C)C(C)=O)cc2c1OCO2. The van der Waals surface area contributed by atoms with E-state index in [9.17, 15) is 19.2 Å². The molecule has 10 nitrogen and oxygen atoms in total. The minimum Gasteiger partial charge on any atom is -0.492 e. The summed E-state index contributed by atoms with van der Waals surface area (Å²) in [6.45, 7) is 1.80. The first-order chi connectivity index (χ1) is 16.7. The number of anilines is 1. The van der Waals surface area contributed by atoms with Crippen LogP contribution in [0.3, 0.4) is 0 Å². The van der Waals surface area contributed by atoms with Gasteiger partial charge in [-0.1, -0.05) is 11.6 Å². The van der Waals surface area contributed by atoms with Crippen molar-refractivity contribution in [2.24, 2.45) is 0 Å². The third kappa shape index (κ3) is 4.65. The van der Waals surface area contributed by atoms with Crippen molar-refractivity contribution < 1.29 is 33.4 Å². The second kappa shape index (κ2) is 9.67. The Morgan fingerprint density at radius 3 is 2.60 bits per heavy atom. The van der Waals surface area contributed by atoms with E-state index in [1.807, 2.05) is 0 Å². The molecule has 1 saturated heterocycles. The first-order valence-electron chi connectivity index (χ1n) is 10.6. The number of carbonyl (C=O) groups excluding carboxylic acids is 4. The number of barbiturate groups is 1. The molecule has 1 N–H and O–H groups in total. The standard InChI is InChI=1S/C24H22ClN3O7/c1-13(29)27(2)9-8-14-10-19-21(35-12-34-19)20(33-3)17(14)11-18-22(30)26-24(32)28(23(18)31)16-6-4-15(25)5-7-16/h4-7,10-11H,8-9,12H2,1-3H3,(H,26,30,32)/b18-11-. The summed E-state index contributed by atoms with van der Waals surface area (Å²) < 4.78 is 16.6. The van der Waals surface area contributed by atoms with Gasteiger partial charge in [-0.2, -0.15) is 0 Å². The maximum Gasteiger partial charge on any atom is 0.335 e. The lowest BCUT2D eigenvalue weighted by molar-refractivity contribution is -0.127. The molecule has 11 heteroatoms. The molecule has 0 spiro atoms. The van der Waals surface area contributed by atoms with E-state index >= 15 is 0 Å². The van der Waals surface area contributed by atoms with Crippen molar-refractivity contribution in [1.82, 2.24) is 10.2 Å². The molecule has 2 aliphatic heterocycles. The summed E-state index contributed by atoms with van der Waals surface area (Å²) in [6.07, 6.45) is 1.73. The molecular weight excluding hydrogens is 478 g/mol. The van der Waals surface area contributed by atoms with Gasteiger partial charge in [0.25, 0.3) is 11.8 Å². The van der Waals surface area contributed by atoms with Crippen molar-refractivity contribution in [2.45, 2.75) is 13.3 Å². The Morgan fingerprint density at radius 1 is 1.23 bits per heavy atom. The zero-order valence-electron chi connectivity index (χ0n) is 19.2. The maximum absolute atomic E-state index is 13.3. The van der Waals surface area contributed by atoms with Crippen LogP contribution in [0.4, 0.5) is 10.5 Å². The average Bonchev–Trinajstić information content (AvgIpc) is 3.29. The zero-order valence-corrected chi connectivity index (χ0v) is 20.0. The molecule has 0 saturated carbocycles.